The lowest BCUT2D eigenvalue weighted by molar-refractivity contribution is -0.121. The van der Waals surface area contributed by atoms with Gasteiger partial charge in [-0.05, 0) is 51.0 Å². The van der Waals surface area contributed by atoms with Crippen molar-refractivity contribution in [3.63, 3.8) is 0 Å². The first kappa shape index (κ1) is 13.5. The molecule has 1 aromatic rings. The zero-order valence-corrected chi connectivity index (χ0v) is 10.7. The number of phenolic OH excluding ortho intramolecular Hbond substituents is 1. The second-order valence-corrected chi connectivity index (χ2v) is 4.36. The molecule has 0 bridgehead atoms. The van der Waals surface area contributed by atoms with Crippen molar-refractivity contribution in [1.29, 1.82) is 0 Å². The number of aryl methyl sites for hydroxylation is 2. The normalized spacial score (nSPS) is 10.6. The van der Waals surface area contributed by atoms with Crippen LogP contribution >= 0.6 is 0 Å². The molecule has 1 amide bonds. The van der Waals surface area contributed by atoms with E-state index in [9.17, 15) is 9.90 Å². The minimum atomic E-state index is -0.188. The summed E-state index contributed by atoms with van der Waals surface area (Å²) in [6, 6.07) is 3.38. The predicted molar refractivity (Wildman–Crippen MR) is 67.3 cm³/mol. The van der Waals surface area contributed by atoms with Crippen LogP contribution in [-0.4, -0.2) is 23.7 Å². The Labute approximate surface area is 102 Å². The lowest BCUT2D eigenvalue weighted by Crippen LogP contribution is -2.21. The van der Waals surface area contributed by atoms with E-state index in [1.165, 1.54) is 0 Å². The number of ether oxygens (including phenoxy) is 1. The number of benzene rings is 1. The SMILES string of the molecule is Cc1cc(NC(=O)COC(C)C)c(C)cc1O. The summed E-state index contributed by atoms with van der Waals surface area (Å²) in [7, 11) is 0. The van der Waals surface area contributed by atoms with Crippen LogP contribution in [0.15, 0.2) is 12.1 Å². The highest BCUT2D eigenvalue weighted by Crippen LogP contribution is 2.24. The van der Waals surface area contributed by atoms with Gasteiger partial charge in [-0.3, -0.25) is 4.79 Å². The van der Waals surface area contributed by atoms with E-state index in [1.807, 2.05) is 20.8 Å². The summed E-state index contributed by atoms with van der Waals surface area (Å²) >= 11 is 0. The maximum atomic E-state index is 11.6. The summed E-state index contributed by atoms with van der Waals surface area (Å²) in [5.74, 6) is 0.0471. The third kappa shape index (κ3) is 4.07. The number of carbonyl (C=O) groups is 1. The molecular formula is C13H19NO3. The number of phenols is 1. The van der Waals surface area contributed by atoms with Gasteiger partial charge in [0.15, 0.2) is 0 Å². The van der Waals surface area contributed by atoms with E-state index >= 15 is 0 Å². The Morgan fingerprint density at radius 1 is 1.35 bits per heavy atom. The lowest BCUT2D eigenvalue weighted by atomic mass is 10.1. The van der Waals surface area contributed by atoms with Crippen molar-refractivity contribution in [3.05, 3.63) is 23.3 Å². The first-order valence-corrected chi connectivity index (χ1v) is 5.62. The first-order chi connectivity index (χ1) is 7.90. The number of nitrogens with one attached hydrogen (secondary N) is 1. The first-order valence-electron chi connectivity index (χ1n) is 5.62. The number of hydrogen-bond acceptors (Lipinski definition) is 3. The van der Waals surface area contributed by atoms with Gasteiger partial charge in [-0.25, -0.2) is 0 Å². The van der Waals surface area contributed by atoms with Crippen LogP contribution < -0.4 is 5.32 Å². The fraction of sp³-hybridized carbons (Fsp3) is 0.462. The molecule has 1 rings (SSSR count). The highest BCUT2D eigenvalue weighted by Gasteiger charge is 2.08. The van der Waals surface area contributed by atoms with Crippen LogP contribution in [0.3, 0.4) is 0 Å². The highest BCUT2D eigenvalue weighted by molar-refractivity contribution is 5.92. The van der Waals surface area contributed by atoms with Crippen LogP contribution in [-0.2, 0) is 9.53 Å². The fourth-order valence-electron chi connectivity index (χ4n) is 1.36. The van der Waals surface area contributed by atoms with Crippen molar-refractivity contribution in [2.45, 2.75) is 33.8 Å². The van der Waals surface area contributed by atoms with Crippen LogP contribution in [0.25, 0.3) is 0 Å². The molecule has 4 nitrogen and oxygen atoms in total. The number of anilines is 1. The number of hydrogen-bond donors (Lipinski definition) is 2. The van der Waals surface area contributed by atoms with Gasteiger partial charge in [-0.2, -0.15) is 0 Å². The van der Waals surface area contributed by atoms with Gasteiger partial charge in [-0.15, -0.1) is 0 Å². The molecule has 0 aromatic heterocycles. The molecule has 0 unspecified atom stereocenters. The second-order valence-electron chi connectivity index (χ2n) is 4.36. The molecule has 0 saturated heterocycles. The maximum absolute atomic E-state index is 11.6. The molecule has 0 radical (unpaired) electrons. The van der Waals surface area contributed by atoms with Gasteiger partial charge >= 0.3 is 0 Å². The number of carbonyl (C=O) groups excluding carboxylic acids is 1. The molecule has 0 aliphatic carbocycles. The molecule has 4 heteroatoms. The zero-order chi connectivity index (χ0) is 13.0. The summed E-state index contributed by atoms with van der Waals surface area (Å²) in [5.41, 5.74) is 2.26. The zero-order valence-electron chi connectivity index (χ0n) is 10.7. The number of amides is 1. The summed E-state index contributed by atoms with van der Waals surface area (Å²) in [6.45, 7) is 7.41. The van der Waals surface area contributed by atoms with E-state index in [0.717, 1.165) is 11.1 Å². The Kier molecular flexibility index (Phi) is 4.52. The van der Waals surface area contributed by atoms with Crippen LogP contribution in [0.4, 0.5) is 5.69 Å². The van der Waals surface area contributed by atoms with Crippen LogP contribution in [0.5, 0.6) is 5.75 Å². The van der Waals surface area contributed by atoms with Crippen molar-refractivity contribution < 1.29 is 14.6 Å². The van der Waals surface area contributed by atoms with Crippen molar-refractivity contribution >= 4 is 11.6 Å². The van der Waals surface area contributed by atoms with Gasteiger partial charge < -0.3 is 15.2 Å². The lowest BCUT2D eigenvalue weighted by Gasteiger charge is -2.12. The average molecular weight is 237 g/mol. The fourth-order valence-corrected chi connectivity index (χ4v) is 1.36. The third-order valence-electron chi connectivity index (χ3n) is 2.36. The molecule has 0 atom stereocenters. The van der Waals surface area contributed by atoms with Crippen molar-refractivity contribution in [2.24, 2.45) is 0 Å². The molecule has 0 spiro atoms. The molecule has 2 N–H and O–H groups in total. The van der Waals surface area contributed by atoms with E-state index in [-0.39, 0.29) is 24.4 Å². The van der Waals surface area contributed by atoms with Gasteiger partial charge in [0.2, 0.25) is 5.91 Å². The van der Waals surface area contributed by atoms with Gasteiger partial charge in [0.1, 0.15) is 12.4 Å². The van der Waals surface area contributed by atoms with Crippen molar-refractivity contribution in [1.82, 2.24) is 0 Å². The number of aromatic hydroxyl groups is 1. The minimum Gasteiger partial charge on any atom is -0.508 e. The molecular weight excluding hydrogens is 218 g/mol. The molecule has 94 valence electrons. The van der Waals surface area contributed by atoms with E-state index < -0.39 is 0 Å². The summed E-state index contributed by atoms with van der Waals surface area (Å²) < 4.78 is 5.21. The van der Waals surface area contributed by atoms with Crippen LogP contribution in [0, 0.1) is 13.8 Å². The van der Waals surface area contributed by atoms with Gasteiger partial charge in [0.25, 0.3) is 0 Å². The average Bonchev–Trinajstić information content (AvgIpc) is 2.23. The molecule has 0 fully saturated rings. The summed E-state index contributed by atoms with van der Waals surface area (Å²) in [5, 5.41) is 12.3. The summed E-state index contributed by atoms with van der Waals surface area (Å²) in [6.07, 6.45) is 0.0309. The van der Waals surface area contributed by atoms with E-state index in [0.29, 0.717) is 5.69 Å². The van der Waals surface area contributed by atoms with E-state index in [2.05, 4.69) is 5.32 Å². The topological polar surface area (TPSA) is 58.6 Å². The predicted octanol–water partition coefficient (Wildman–Crippen LogP) is 2.37. The molecule has 0 saturated carbocycles. The second kappa shape index (κ2) is 5.68. The van der Waals surface area contributed by atoms with Crippen molar-refractivity contribution in [3.8, 4) is 5.75 Å². The molecule has 0 aliphatic rings. The smallest absolute Gasteiger partial charge is 0.250 e. The molecule has 0 aliphatic heterocycles. The molecule has 1 aromatic carbocycles. The van der Waals surface area contributed by atoms with Crippen LogP contribution in [0.1, 0.15) is 25.0 Å². The Bertz CT molecular complexity index is 413. The Balaban J connectivity index is 2.68. The monoisotopic (exact) mass is 237 g/mol. The van der Waals surface area contributed by atoms with E-state index in [4.69, 9.17) is 4.74 Å². The minimum absolute atomic E-state index is 0.0309. The third-order valence-corrected chi connectivity index (χ3v) is 2.36. The number of rotatable bonds is 4. The Hall–Kier alpha value is -1.55. The van der Waals surface area contributed by atoms with Crippen LogP contribution in [0.2, 0.25) is 0 Å². The largest absolute Gasteiger partial charge is 0.508 e. The Morgan fingerprint density at radius 3 is 2.59 bits per heavy atom. The van der Waals surface area contributed by atoms with Gasteiger partial charge in [0.05, 0.1) is 6.10 Å². The van der Waals surface area contributed by atoms with Crippen molar-refractivity contribution in [2.75, 3.05) is 11.9 Å². The van der Waals surface area contributed by atoms with Gasteiger partial charge in [-0.1, -0.05) is 0 Å². The highest BCUT2D eigenvalue weighted by atomic mass is 16.5. The Morgan fingerprint density at radius 2 is 2.00 bits per heavy atom. The maximum Gasteiger partial charge on any atom is 0.250 e. The summed E-state index contributed by atoms with van der Waals surface area (Å²) in [4.78, 5) is 11.6. The quantitative estimate of drug-likeness (QED) is 0.790. The standard InChI is InChI=1S/C13H19NO3/c1-8(2)17-7-13(16)14-11-5-10(4)12(15)6-9(11)3/h5-6,8,15H,7H2,1-4H3,(H,14,16). The van der Waals surface area contributed by atoms with Gasteiger partial charge in [0, 0.05) is 5.69 Å². The van der Waals surface area contributed by atoms with E-state index in [1.54, 1.807) is 19.1 Å². The molecule has 0 heterocycles. The molecule has 17 heavy (non-hydrogen) atoms.